The molecular formula is C12H15ClN4. The highest BCUT2D eigenvalue weighted by atomic mass is 35.5. The Hall–Kier alpha value is -1.39. The van der Waals surface area contributed by atoms with E-state index in [9.17, 15) is 0 Å². The fraction of sp³-hybridized carbons (Fsp3) is 0.333. The average molecular weight is 251 g/mol. The summed E-state index contributed by atoms with van der Waals surface area (Å²) in [7, 11) is 0. The predicted molar refractivity (Wildman–Crippen MR) is 68.0 cm³/mol. The lowest BCUT2D eigenvalue weighted by atomic mass is 10.3. The molecule has 2 rings (SSSR count). The largest absolute Gasteiger partial charge is 0.311 e. The first-order chi connectivity index (χ1) is 8.28. The van der Waals surface area contributed by atoms with Gasteiger partial charge in [0, 0.05) is 12.7 Å². The third kappa shape index (κ3) is 3.54. The molecule has 5 heteroatoms. The lowest BCUT2D eigenvalue weighted by Crippen LogP contribution is -2.13. The predicted octanol–water partition coefficient (Wildman–Crippen LogP) is 2.09. The zero-order valence-corrected chi connectivity index (χ0v) is 10.5. The highest BCUT2D eigenvalue weighted by Gasteiger charge is 2.00. The van der Waals surface area contributed by atoms with E-state index in [1.165, 1.54) is 0 Å². The van der Waals surface area contributed by atoms with Gasteiger partial charge in [0.1, 0.15) is 0 Å². The maximum Gasteiger partial charge on any atom is 0.0832 e. The van der Waals surface area contributed by atoms with Crippen LogP contribution < -0.4 is 5.32 Å². The Kier molecular flexibility index (Phi) is 4.12. The summed E-state index contributed by atoms with van der Waals surface area (Å²) in [5.41, 5.74) is 2.03. The van der Waals surface area contributed by atoms with Gasteiger partial charge >= 0.3 is 0 Å². The van der Waals surface area contributed by atoms with Gasteiger partial charge in [-0.2, -0.15) is 5.10 Å². The van der Waals surface area contributed by atoms with Gasteiger partial charge in [-0.1, -0.05) is 24.6 Å². The second kappa shape index (κ2) is 5.80. The summed E-state index contributed by atoms with van der Waals surface area (Å²) in [6, 6.07) is 6.02. The van der Waals surface area contributed by atoms with Crippen molar-refractivity contribution in [3.63, 3.8) is 0 Å². The molecule has 2 aromatic heterocycles. The topological polar surface area (TPSA) is 42.7 Å². The van der Waals surface area contributed by atoms with Crippen LogP contribution in [0.1, 0.15) is 18.3 Å². The minimum absolute atomic E-state index is 0.646. The third-order valence-electron chi connectivity index (χ3n) is 2.35. The van der Waals surface area contributed by atoms with Gasteiger partial charge in [0.25, 0.3) is 0 Å². The van der Waals surface area contributed by atoms with Gasteiger partial charge in [-0.3, -0.25) is 9.67 Å². The van der Waals surface area contributed by atoms with Gasteiger partial charge < -0.3 is 5.32 Å². The lowest BCUT2D eigenvalue weighted by molar-refractivity contribution is 0.659. The molecule has 0 aliphatic heterocycles. The summed E-state index contributed by atoms with van der Waals surface area (Å²) in [4.78, 5) is 4.55. The third-order valence-corrected chi connectivity index (χ3v) is 2.54. The molecule has 4 nitrogen and oxygen atoms in total. The Labute approximate surface area is 106 Å². The summed E-state index contributed by atoms with van der Waals surface area (Å²) in [6.07, 6.45) is 3.42. The molecule has 0 unspecified atom stereocenters. The van der Waals surface area contributed by atoms with Gasteiger partial charge in [-0.15, -0.1) is 0 Å². The standard InChI is InChI=1S/C12H15ClN4/c1-2-14-7-11-4-3-5-12(16-11)9-17-8-10(13)6-15-17/h3-6,8,14H,2,7,9H2,1H3. The van der Waals surface area contributed by atoms with Crippen LogP contribution in [-0.2, 0) is 13.1 Å². The van der Waals surface area contributed by atoms with Crippen LogP contribution in [-0.4, -0.2) is 21.3 Å². The van der Waals surface area contributed by atoms with Crippen LogP contribution in [0, 0.1) is 0 Å². The van der Waals surface area contributed by atoms with Crippen LogP contribution in [0.25, 0.3) is 0 Å². The van der Waals surface area contributed by atoms with E-state index < -0.39 is 0 Å². The van der Waals surface area contributed by atoms with Crippen LogP contribution >= 0.6 is 11.6 Å². The number of nitrogens with one attached hydrogen (secondary N) is 1. The lowest BCUT2D eigenvalue weighted by Gasteiger charge is -2.05. The zero-order valence-electron chi connectivity index (χ0n) is 9.73. The highest BCUT2D eigenvalue weighted by molar-refractivity contribution is 6.30. The Balaban J connectivity index is 2.05. The van der Waals surface area contributed by atoms with E-state index in [4.69, 9.17) is 11.6 Å². The molecule has 0 radical (unpaired) electrons. The summed E-state index contributed by atoms with van der Waals surface area (Å²) in [5.74, 6) is 0. The molecule has 0 spiro atoms. The summed E-state index contributed by atoms with van der Waals surface area (Å²) in [6.45, 7) is 4.47. The molecule has 0 atom stereocenters. The number of hydrogen-bond acceptors (Lipinski definition) is 3. The summed E-state index contributed by atoms with van der Waals surface area (Å²) < 4.78 is 1.78. The van der Waals surface area contributed by atoms with Gasteiger partial charge in [0.05, 0.1) is 29.2 Å². The van der Waals surface area contributed by atoms with E-state index in [0.29, 0.717) is 11.6 Å². The van der Waals surface area contributed by atoms with E-state index in [1.807, 2.05) is 18.2 Å². The molecule has 0 aliphatic rings. The molecule has 0 fully saturated rings. The average Bonchev–Trinajstić information content (AvgIpc) is 2.73. The van der Waals surface area contributed by atoms with E-state index in [0.717, 1.165) is 24.5 Å². The Morgan fingerprint density at radius 3 is 2.88 bits per heavy atom. The molecule has 17 heavy (non-hydrogen) atoms. The number of hydrogen-bond donors (Lipinski definition) is 1. The molecule has 0 aromatic carbocycles. The maximum absolute atomic E-state index is 5.81. The van der Waals surface area contributed by atoms with Crippen molar-refractivity contribution >= 4 is 11.6 Å². The van der Waals surface area contributed by atoms with Crippen molar-refractivity contribution < 1.29 is 0 Å². The number of nitrogens with zero attached hydrogens (tertiary/aromatic N) is 3. The van der Waals surface area contributed by atoms with Gasteiger partial charge in [0.2, 0.25) is 0 Å². The van der Waals surface area contributed by atoms with Crippen molar-refractivity contribution in [3.8, 4) is 0 Å². The second-order valence-corrected chi connectivity index (χ2v) is 4.19. The number of halogens is 1. The molecule has 0 aliphatic carbocycles. The summed E-state index contributed by atoms with van der Waals surface area (Å²) >= 11 is 5.81. The van der Waals surface area contributed by atoms with Crippen LogP contribution in [0.5, 0.6) is 0 Å². The van der Waals surface area contributed by atoms with Gasteiger partial charge in [-0.05, 0) is 18.7 Å². The van der Waals surface area contributed by atoms with E-state index in [1.54, 1.807) is 17.1 Å². The van der Waals surface area contributed by atoms with Crippen LogP contribution in [0.15, 0.2) is 30.6 Å². The van der Waals surface area contributed by atoms with Crippen LogP contribution in [0.2, 0.25) is 5.02 Å². The van der Waals surface area contributed by atoms with Crippen molar-refractivity contribution in [2.75, 3.05) is 6.54 Å². The molecule has 0 saturated carbocycles. The molecule has 2 heterocycles. The molecule has 90 valence electrons. The van der Waals surface area contributed by atoms with Gasteiger partial charge in [0.15, 0.2) is 0 Å². The van der Waals surface area contributed by atoms with E-state index >= 15 is 0 Å². The van der Waals surface area contributed by atoms with Crippen molar-refractivity contribution in [2.45, 2.75) is 20.0 Å². The molecule has 2 aromatic rings. The highest BCUT2D eigenvalue weighted by Crippen LogP contribution is 2.07. The normalized spacial score (nSPS) is 10.7. The van der Waals surface area contributed by atoms with Crippen LogP contribution in [0.3, 0.4) is 0 Å². The van der Waals surface area contributed by atoms with E-state index in [-0.39, 0.29) is 0 Å². The van der Waals surface area contributed by atoms with Crippen LogP contribution in [0.4, 0.5) is 0 Å². The molecule has 0 bridgehead atoms. The molecular weight excluding hydrogens is 236 g/mol. The first kappa shape index (κ1) is 12.1. The number of aromatic nitrogens is 3. The monoisotopic (exact) mass is 250 g/mol. The fourth-order valence-corrected chi connectivity index (χ4v) is 1.72. The van der Waals surface area contributed by atoms with Crippen molar-refractivity contribution in [1.82, 2.24) is 20.1 Å². The van der Waals surface area contributed by atoms with Crippen molar-refractivity contribution in [2.24, 2.45) is 0 Å². The Morgan fingerprint density at radius 2 is 2.18 bits per heavy atom. The summed E-state index contributed by atoms with van der Waals surface area (Å²) in [5, 5.41) is 8.03. The SMILES string of the molecule is CCNCc1cccc(Cn2cc(Cl)cn2)n1. The maximum atomic E-state index is 5.81. The molecule has 1 N–H and O–H groups in total. The Bertz CT molecular complexity index is 481. The smallest absolute Gasteiger partial charge is 0.0832 e. The van der Waals surface area contributed by atoms with Gasteiger partial charge in [-0.25, -0.2) is 0 Å². The molecule has 0 amide bonds. The van der Waals surface area contributed by atoms with Crippen molar-refractivity contribution in [3.05, 3.63) is 47.0 Å². The van der Waals surface area contributed by atoms with Crippen molar-refractivity contribution in [1.29, 1.82) is 0 Å². The zero-order chi connectivity index (χ0) is 12.1. The number of rotatable bonds is 5. The Morgan fingerprint density at radius 1 is 1.35 bits per heavy atom. The quantitative estimate of drug-likeness (QED) is 0.884. The fourth-order valence-electron chi connectivity index (χ4n) is 1.56. The number of pyridine rings is 1. The molecule has 0 saturated heterocycles. The first-order valence-corrected chi connectivity index (χ1v) is 5.99. The minimum Gasteiger partial charge on any atom is -0.311 e. The van der Waals surface area contributed by atoms with E-state index in [2.05, 4.69) is 22.3 Å². The first-order valence-electron chi connectivity index (χ1n) is 5.61. The second-order valence-electron chi connectivity index (χ2n) is 3.76. The minimum atomic E-state index is 0.646.